The number of aryl methyl sites for hydroxylation is 1. The van der Waals surface area contributed by atoms with E-state index in [1.54, 1.807) is 16.8 Å². The number of ether oxygens (including phenoxy) is 1. The Bertz CT molecular complexity index is 1250. The topological polar surface area (TPSA) is 86.3 Å². The van der Waals surface area contributed by atoms with E-state index in [4.69, 9.17) is 15.5 Å². The van der Waals surface area contributed by atoms with Gasteiger partial charge in [-0.05, 0) is 61.7 Å². The Labute approximate surface area is 205 Å². The molecule has 2 fully saturated rings. The number of hydrogen-bond donors (Lipinski definition) is 1. The van der Waals surface area contributed by atoms with Gasteiger partial charge in [0.1, 0.15) is 17.6 Å². The van der Waals surface area contributed by atoms with E-state index in [9.17, 15) is 9.18 Å². The second-order valence-corrected chi connectivity index (χ2v) is 10.7. The van der Waals surface area contributed by atoms with E-state index in [1.807, 2.05) is 44.0 Å². The van der Waals surface area contributed by atoms with Gasteiger partial charge in [-0.25, -0.2) is 9.37 Å². The Kier molecular flexibility index (Phi) is 5.67. The molecule has 1 aliphatic heterocycles. The molecule has 8 heteroatoms. The Morgan fingerprint density at radius 1 is 1.14 bits per heavy atom. The molecule has 1 aliphatic carbocycles. The summed E-state index contributed by atoms with van der Waals surface area (Å²) in [6.45, 7) is 9.31. The largest absolute Gasteiger partial charge is 0.474 e. The minimum Gasteiger partial charge on any atom is -0.474 e. The van der Waals surface area contributed by atoms with Crippen LogP contribution >= 0.6 is 0 Å². The Morgan fingerprint density at radius 3 is 2.37 bits per heavy atom. The summed E-state index contributed by atoms with van der Waals surface area (Å²) in [4.78, 5) is 19.7. The van der Waals surface area contributed by atoms with Crippen LogP contribution in [0.2, 0.25) is 0 Å². The van der Waals surface area contributed by atoms with Gasteiger partial charge < -0.3 is 15.4 Å². The first-order valence-corrected chi connectivity index (χ1v) is 12.1. The van der Waals surface area contributed by atoms with Gasteiger partial charge in [0.05, 0.1) is 11.4 Å². The molecule has 1 unspecified atom stereocenters. The van der Waals surface area contributed by atoms with Crippen LogP contribution in [-0.4, -0.2) is 44.8 Å². The summed E-state index contributed by atoms with van der Waals surface area (Å²) in [5, 5.41) is 4.47. The number of halogens is 1. The first kappa shape index (κ1) is 23.5. The zero-order valence-electron chi connectivity index (χ0n) is 20.8. The van der Waals surface area contributed by atoms with Crippen molar-refractivity contribution in [1.29, 1.82) is 0 Å². The lowest BCUT2D eigenvalue weighted by atomic mass is 9.95. The first-order valence-electron chi connectivity index (χ1n) is 12.1. The van der Waals surface area contributed by atoms with Gasteiger partial charge in [-0.2, -0.15) is 5.10 Å². The summed E-state index contributed by atoms with van der Waals surface area (Å²) in [5.74, 6) is 1.06. The summed E-state index contributed by atoms with van der Waals surface area (Å²) >= 11 is 0. The molecule has 5 rings (SSSR count). The number of carbonyl (C=O) groups is 1. The van der Waals surface area contributed by atoms with Crippen molar-refractivity contribution in [2.75, 3.05) is 13.1 Å². The lowest BCUT2D eigenvalue weighted by Gasteiger charge is -2.22. The number of carbonyl (C=O) groups excluding carboxylic acids is 1. The molecule has 1 saturated heterocycles. The normalized spacial score (nSPS) is 21.4. The van der Waals surface area contributed by atoms with Crippen LogP contribution in [0.15, 0.2) is 42.5 Å². The molecule has 1 amide bonds. The number of fused-ring (bicyclic) bond motifs is 1. The van der Waals surface area contributed by atoms with Crippen molar-refractivity contribution in [3.63, 3.8) is 0 Å². The zero-order valence-corrected chi connectivity index (χ0v) is 20.8. The van der Waals surface area contributed by atoms with Gasteiger partial charge in [0.15, 0.2) is 0 Å². The van der Waals surface area contributed by atoms with Crippen LogP contribution in [0.1, 0.15) is 55.4 Å². The van der Waals surface area contributed by atoms with Crippen molar-refractivity contribution in [1.82, 2.24) is 19.7 Å². The molecule has 35 heavy (non-hydrogen) atoms. The number of piperidine rings is 1. The fourth-order valence-electron chi connectivity index (χ4n) is 4.79. The third-order valence-electron chi connectivity index (χ3n) is 7.05. The standard InChI is InChI=1S/C27H32FN5O2/c1-15(2)21-12-23(32(5)31-21)26(34)33-13-19-20(14-33)25(19)35-24-11-17(27(3,4)29)10-22(30-24)16-6-8-18(28)9-7-16/h6-12,15,19-20,25H,13-14,29H2,1-5H3/t19-,20+,25?. The number of aromatic nitrogens is 3. The van der Waals surface area contributed by atoms with Crippen LogP contribution < -0.4 is 10.5 Å². The van der Waals surface area contributed by atoms with Crippen molar-refractivity contribution < 1.29 is 13.9 Å². The Balaban J connectivity index is 1.30. The van der Waals surface area contributed by atoms with Crippen molar-refractivity contribution >= 4 is 5.91 Å². The minimum atomic E-state index is -0.587. The molecule has 0 spiro atoms. The molecule has 0 radical (unpaired) electrons. The molecule has 1 aromatic carbocycles. The van der Waals surface area contributed by atoms with Crippen molar-refractivity contribution in [3.05, 3.63) is 65.2 Å². The molecular weight excluding hydrogens is 445 g/mol. The number of hydrogen-bond acceptors (Lipinski definition) is 5. The molecule has 0 bridgehead atoms. The van der Waals surface area contributed by atoms with Gasteiger partial charge in [-0.3, -0.25) is 9.48 Å². The highest BCUT2D eigenvalue weighted by Crippen LogP contribution is 2.48. The van der Waals surface area contributed by atoms with Gasteiger partial charge in [0.2, 0.25) is 5.88 Å². The highest BCUT2D eigenvalue weighted by atomic mass is 19.1. The zero-order chi connectivity index (χ0) is 25.1. The summed E-state index contributed by atoms with van der Waals surface area (Å²) in [5.41, 5.74) is 9.72. The van der Waals surface area contributed by atoms with E-state index < -0.39 is 5.54 Å². The average molecular weight is 478 g/mol. The lowest BCUT2D eigenvalue weighted by Crippen LogP contribution is -2.34. The quantitative estimate of drug-likeness (QED) is 0.578. The molecule has 7 nitrogen and oxygen atoms in total. The molecule has 3 aromatic rings. The molecule has 2 N–H and O–H groups in total. The first-order chi connectivity index (χ1) is 16.5. The predicted octanol–water partition coefficient (Wildman–Crippen LogP) is 4.09. The van der Waals surface area contributed by atoms with Crippen LogP contribution in [0.5, 0.6) is 5.88 Å². The monoisotopic (exact) mass is 477 g/mol. The molecular formula is C27H32FN5O2. The smallest absolute Gasteiger partial charge is 0.272 e. The average Bonchev–Trinajstić information content (AvgIpc) is 3.14. The van der Waals surface area contributed by atoms with Crippen LogP contribution in [0.4, 0.5) is 4.39 Å². The third-order valence-corrected chi connectivity index (χ3v) is 7.05. The van der Waals surface area contributed by atoms with Gasteiger partial charge in [-0.1, -0.05) is 13.8 Å². The molecule has 3 atom stereocenters. The third kappa shape index (κ3) is 4.55. The van der Waals surface area contributed by atoms with Crippen molar-refractivity contribution in [3.8, 4) is 17.1 Å². The molecule has 2 aliphatic rings. The van der Waals surface area contributed by atoms with E-state index in [1.165, 1.54) is 12.1 Å². The lowest BCUT2D eigenvalue weighted by molar-refractivity contribution is 0.0740. The minimum absolute atomic E-state index is 0.0152. The van der Waals surface area contributed by atoms with Gasteiger partial charge in [-0.15, -0.1) is 0 Å². The highest BCUT2D eigenvalue weighted by molar-refractivity contribution is 5.93. The highest BCUT2D eigenvalue weighted by Gasteiger charge is 2.59. The van der Waals surface area contributed by atoms with E-state index in [0.717, 1.165) is 16.8 Å². The fraction of sp³-hybridized carbons (Fsp3) is 0.444. The van der Waals surface area contributed by atoms with E-state index in [0.29, 0.717) is 30.4 Å². The number of benzene rings is 1. The van der Waals surface area contributed by atoms with Gasteiger partial charge in [0, 0.05) is 49.1 Å². The summed E-state index contributed by atoms with van der Waals surface area (Å²) < 4.78 is 21.4. The number of pyridine rings is 1. The fourth-order valence-corrected chi connectivity index (χ4v) is 4.79. The Hall–Kier alpha value is -3.26. The van der Waals surface area contributed by atoms with Crippen LogP contribution in [-0.2, 0) is 12.6 Å². The van der Waals surface area contributed by atoms with E-state index >= 15 is 0 Å². The SMILES string of the molecule is CC(C)c1cc(C(=O)N2C[C@@H]3C(Oc4cc(C(C)(C)N)cc(-c5ccc(F)cc5)n4)[C@@H]3C2)n(C)n1. The number of amides is 1. The molecule has 3 heterocycles. The van der Waals surface area contributed by atoms with Crippen molar-refractivity contribution in [2.45, 2.75) is 45.3 Å². The van der Waals surface area contributed by atoms with Crippen LogP contribution in [0, 0.1) is 17.7 Å². The summed E-state index contributed by atoms with van der Waals surface area (Å²) in [6.07, 6.45) is 0.0153. The van der Waals surface area contributed by atoms with E-state index in [-0.39, 0.29) is 35.6 Å². The second kappa shape index (κ2) is 8.45. The Morgan fingerprint density at radius 2 is 1.80 bits per heavy atom. The number of likely N-dealkylation sites (tertiary alicyclic amines) is 1. The number of nitrogens with two attached hydrogens (primary N) is 1. The second-order valence-electron chi connectivity index (χ2n) is 10.7. The van der Waals surface area contributed by atoms with Crippen molar-refractivity contribution in [2.24, 2.45) is 24.6 Å². The maximum Gasteiger partial charge on any atom is 0.272 e. The number of rotatable bonds is 6. The number of nitrogens with zero attached hydrogens (tertiary/aromatic N) is 4. The predicted molar refractivity (Wildman–Crippen MR) is 131 cm³/mol. The molecule has 1 saturated carbocycles. The maximum absolute atomic E-state index is 13.4. The summed E-state index contributed by atoms with van der Waals surface area (Å²) in [7, 11) is 1.82. The molecule has 184 valence electrons. The molecule has 2 aromatic heterocycles. The van der Waals surface area contributed by atoms with E-state index in [2.05, 4.69) is 18.9 Å². The van der Waals surface area contributed by atoms with Crippen LogP contribution in [0.3, 0.4) is 0 Å². The maximum atomic E-state index is 13.4. The van der Waals surface area contributed by atoms with Gasteiger partial charge in [0.25, 0.3) is 5.91 Å². The van der Waals surface area contributed by atoms with Gasteiger partial charge >= 0.3 is 0 Å². The summed E-state index contributed by atoms with van der Waals surface area (Å²) in [6, 6.07) is 11.9. The van der Waals surface area contributed by atoms with Crippen LogP contribution in [0.25, 0.3) is 11.3 Å².